The molecule has 0 spiro atoms. The van der Waals surface area contributed by atoms with E-state index >= 15 is 0 Å². The first-order valence-electron chi connectivity index (χ1n) is 10.1. The third-order valence-corrected chi connectivity index (χ3v) is 5.99. The van der Waals surface area contributed by atoms with E-state index in [1.54, 1.807) is 38.4 Å². The zero-order valence-corrected chi connectivity index (χ0v) is 18.5. The SMILES string of the molecule is Cc1ccc(NC(=O)C(C)Sc2nnc(-c3cccnc3)n2Cc2ccccc2)cc1F. The van der Waals surface area contributed by atoms with Gasteiger partial charge in [0, 0.05) is 23.6 Å². The standard InChI is InChI=1S/C24H22FN5OS/c1-16-10-11-20(13-21(16)25)27-23(31)17(2)32-24-29-28-22(19-9-6-12-26-14-19)30(24)15-18-7-4-3-5-8-18/h3-14,17H,15H2,1-2H3,(H,27,31). The van der Waals surface area contributed by atoms with Gasteiger partial charge in [-0.15, -0.1) is 10.2 Å². The third kappa shape index (κ3) is 5.03. The van der Waals surface area contributed by atoms with E-state index in [1.807, 2.05) is 47.0 Å². The van der Waals surface area contributed by atoms with Crippen LogP contribution < -0.4 is 5.32 Å². The van der Waals surface area contributed by atoms with Gasteiger partial charge in [0.2, 0.25) is 5.91 Å². The number of aromatic nitrogens is 4. The van der Waals surface area contributed by atoms with Crippen molar-refractivity contribution in [2.24, 2.45) is 0 Å². The number of hydrogen-bond acceptors (Lipinski definition) is 5. The molecule has 0 radical (unpaired) electrons. The van der Waals surface area contributed by atoms with E-state index in [2.05, 4.69) is 20.5 Å². The normalized spacial score (nSPS) is 11.8. The number of halogens is 1. The molecule has 0 aliphatic rings. The van der Waals surface area contributed by atoms with Gasteiger partial charge in [0.1, 0.15) is 5.82 Å². The Hall–Kier alpha value is -3.52. The van der Waals surface area contributed by atoms with Crippen molar-refractivity contribution < 1.29 is 9.18 Å². The highest BCUT2D eigenvalue weighted by molar-refractivity contribution is 8.00. The highest BCUT2D eigenvalue weighted by atomic mass is 32.2. The lowest BCUT2D eigenvalue weighted by atomic mass is 10.2. The molecule has 0 aliphatic carbocycles. The monoisotopic (exact) mass is 447 g/mol. The first kappa shape index (κ1) is 21.7. The Kier molecular flexibility index (Phi) is 6.61. The molecule has 2 aromatic heterocycles. The molecule has 0 saturated heterocycles. The van der Waals surface area contributed by atoms with Gasteiger partial charge >= 0.3 is 0 Å². The van der Waals surface area contributed by atoms with Crippen molar-refractivity contribution in [1.29, 1.82) is 0 Å². The molecule has 1 unspecified atom stereocenters. The van der Waals surface area contributed by atoms with E-state index in [-0.39, 0.29) is 11.7 Å². The second-order valence-electron chi connectivity index (χ2n) is 7.33. The number of amides is 1. The fraction of sp³-hybridized carbons (Fsp3) is 0.167. The average Bonchev–Trinajstić information content (AvgIpc) is 3.19. The molecule has 4 aromatic rings. The number of carbonyl (C=O) groups excluding carboxylic acids is 1. The number of hydrogen-bond donors (Lipinski definition) is 1. The minimum Gasteiger partial charge on any atom is -0.325 e. The molecule has 6 nitrogen and oxygen atoms in total. The fourth-order valence-corrected chi connectivity index (χ4v) is 3.97. The maximum Gasteiger partial charge on any atom is 0.237 e. The molecule has 1 N–H and O–H groups in total. The van der Waals surface area contributed by atoms with Crippen LogP contribution in [0.1, 0.15) is 18.1 Å². The summed E-state index contributed by atoms with van der Waals surface area (Å²) in [4.78, 5) is 16.9. The van der Waals surface area contributed by atoms with E-state index in [0.29, 0.717) is 28.8 Å². The van der Waals surface area contributed by atoms with Gasteiger partial charge in [-0.2, -0.15) is 0 Å². The number of anilines is 1. The van der Waals surface area contributed by atoms with Gasteiger partial charge in [0.05, 0.1) is 11.8 Å². The number of aryl methyl sites for hydroxylation is 1. The van der Waals surface area contributed by atoms with Crippen LogP contribution in [0.4, 0.5) is 10.1 Å². The average molecular weight is 448 g/mol. The lowest BCUT2D eigenvalue weighted by Gasteiger charge is -2.14. The molecule has 32 heavy (non-hydrogen) atoms. The number of nitrogens with zero attached hydrogens (tertiary/aromatic N) is 4. The molecular formula is C24H22FN5OS. The molecule has 8 heteroatoms. The summed E-state index contributed by atoms with van der Waals surface area (Å²) in [6.45, 7) is 4.02. The van der Waals surface area contributed by atoms with Crippen LogP contribution in [0.15, 0.2) is 78.2 Å². The minimum atomic E-state index is -0.472. The van der Waals surface area contributed by atoms with Crippen molar-refractivity contribution in [1.82, 2.24) is 19.7 Å². The molecule has 0 fully saturated rings. The summed E-state index contributed by atoms with van der Waals surface area (Å²) < 4.78 is 15.8. The van der Waals surface area contributed by atoms with Crippen LogP contribution >= 0.6 is 11.8 Å². The number of carbonyl (C=O) groups is 1. The Labute approximate surface area is 189 Å². The predicted octanol–water partition coefficient (Wildman–Crippen LogP) is 4.96. The van der Waals surface area contributed by atoms with E-state index in [1.165, 1.54) is 17.8 Å². The van der Waals surface area contributed by atoms with E-state index in [0.717, 1.165) is 11.1 Å². The summed E-state index contributed by atoms with van der Waals surface area (Å²) >= 11 is 1.30. The summed E-state index contributed by atoms with van der Waals surface area (Å²) in [6, 6.07) is 18.4. The second kappa shape index (κ2) is 9.74. The first-order chi connectivity index (χ1) is 15.5. The number of pyridine rings is 1. The molecular weight excluding hydrogens is 425 g/mol. The predicted molar refractivity (Wildman–Crippen MR) is 124 cm³/mol. The van der Waals surface area contributed by atoms with Gasteiger partial charge in [-0.05, 0) is 49.2 Å². The van der Waals surface area contributed by atoms with Crippen LogP contribution in [-0.4, -0.2) is 30.9 Å². The number of thioether (sulfide) groups is 1. The maximum absolute atomic E-state index is 13.8. The Morgan fingerprint density at radius 3 is 2.66 bits per heavy atom. The summed E-state index contributed by atoms with van der Waals surface area (Å²) in [5.41, 5.74) is 2.89. The molecule has 1 amide bonds. The lowest BCUT2D eigenvalue weighted by Crippen LogP contribution is -2.23. The van der Waals surface area contributed by atoms with E-state index < -0.39 is 5.25 Å². The zero-order valence-electron chi connectivity index (χ0n) is 17.7. The molecule has 4 rings (SSSR count). The van der Waals surface area contributed by atoms with Crippen LogP contribution in [0.3, 0.4) is 0 Å². The van der Waals surface area contributed by atoms with Gasteiger partial charge in [-0.3, -0.25) is 14.3 Å². The number of benzene rings is 2. The van der Waals surface area contributed by atoms with Crippen molar-refractivity contribution in [3.05, 3.63) is 90.0 Å². The van der Waals surface area contributed by atoms with Crippen LogP contribution in [0, 0.1) is 12.7 Å². The third-order valence-electron chi connectivity index (χ3n) is 4.91. The lowest BCUT2D eigenvalue weighted by molar-refractivity contribution is -0.115. The van der Waals surface area contributed by atoms with E-state index in [4.69, 9.17) is 0 Å². The van der Waals surface area contributed by atoms with Crippen molar-refractivity contribution >= 4 is 23.4 Å². The van der Waals surface area contributed by atoms with Crippen LogP contribution in [0.5, 0.6) is 0 Å². The van der Waals surface area contributed by atoms with Crippen LogP contribution in [-0.2, 0) is 11.3 Å². The van der Waals surface area contributed by atoms with Gasteiger partial charge in [0.25, 0.3) is 0 Å². The zero-order chi connectivity index (χ0) is 22.5. The quantitative estimate of drug-likeness (QED) is 0.406. The topological polar surface area (TPSA) is 72.7 Å². The van der Waals surface area contributed by atoms with Gasteiger partial charge < -0.3 is 5.32 Å². The summed E-state index contributed by atoms with van der Waals surface area (Å²) in [6.07, 6.45) is 3.44. The first-order valence-corrected chi connectivity index (χ1v) is 11.0. The highest BCUT2D eigenvalue weighted by Gasteiger charge is 2.21. The maximum atomic E-state index is 13.8. The number of rotatable bonds is 7. The molecule has 0 aliphatic heterocycles. The van der Waals surface area contributed by atoms with Crippen molar-refractivity contribution in [3.8, 4) is 11.4 Å². The smallest absolute Gasteiger partial charge is 0.237 e. The Morgan fingerprint density at radius 2 is 1.94 bits per heavy atom. The minimum absolute atomic E-state index is 0.240. The molecule has 0 bridgehead atoms. The van der Waals surface area contributed by atoms with Crippen molar-refractivity contribution in [3.63, 3.8) is 0 Å². The Morgan fingerprint density at radius 1 is 1.12 bits per heavy atom. The fourth-order valence-electron chi connectivity index (χ4n) is 3.12. The highest BCUT2D eigenvalue weighted by Crippen LogP contribution is 2.28. The number of nitrogens with one attached hydrogen (secondary N) is 1. The Balaban J connectivity index is 1.57. The van der Waals surface area contributed by atoms with Gasteiger partial charge in [-0.25, -0.2) is 4.39 Å². The summed E-state index contributed by atoms with van der Waals surface area (Å²) in [5, 5.41) is 11.6. The molecule has 162 valence electrons. The van der Waals surface area contributed by atoms with Crippen molar-refractivity contribution in [2.75, 3.05) is 5.32 Å². The van der Waals surface area contributed by atoms with Gasteiger partial charge in [-0.1, -0.05) is 48.2 Å². The molecule has 1 atom stereocenters. The Bertz CT molecular complexity index is 1210. The largest absolute Gasteiger partial charge is 0.325 e. The van der Waals surface area contributed by atoms with E-state index in [9.17, 15) is 9.18 Å². The van der Waals surface area contributed by atoms with Gasteiger partial charge in [0.15, 0.2) is 11.0 Å². The van der Waals surface area contributed by atoms with Crippen LogP contribution in [0.2, 0.25) is 0 Å². The summed E-state index contributed by atoms with van der Waals surface area (Å²) in [5.74, 6) is 0.0833. The molecule has 2 aromatic carbocycles. The molecule has 0 saturated carbocycles. The van der Waals surface area contributed by atoms with Crippen molar-refractivity contribution in [2.45, 2.75) is 30.8 Å². The van der Waals surface area contributed by atoms with Crippen LogP contribution in [0.25, 0.3) is 11.4 Å². The summed E-state index contributed by atoms with van der Waals surface area (Å²) in [7, 11) is 0. The molecule has 2 heterocycles. The second-order valence-corrected chi connectivity index (χ2v) is 8.64.